The SMILES string of the molecule is CCCCN1/C(=C/C(=O)/C=C2\Sc3ccccc3N2CCCC)Sc2ccccc21. The van der Waals surface area contributed by atoms with Gasteiger partial charge in [0.15, 0.2) is 5.78 Å². The zero-order chi connectivity index (χ0) is 20.9. The minimum absolute atomic E-state index is 0.0589. The molecule has 2 aliphatic rings. The van der Waals surface area contributed by atoms with Crippen LogP contribution in [-0.4, -0.2) is 18.9 Å². The van der Waals surface area contributed by atoms with Crippen LogP contribution in [-0.2, 0) is 4.79 Å². The third-order valence-electron chi connectivity index (χ3n) is 5.28. The molecule has 156 valence electrons. The second-order valence-corrected chi connectivity index (χ2v) is 9.64. The number of allylic oxidation sites excluding steroid dienone is 2. The number of carbonyl (C=O) groups excluding carboxylic acids is 1. The van der Waals surface area contributed by atoms with E-state index in [0.717, 1.165) is 48.8 Å². The van der Waals surface area contributed by atoms with E-state index in [9.17, 15) is 4.79 Å². The van der Waals surface area contributed by atoms with Crippen LogP contribution in [0.3, 0.4) is 0 Å². The molecule has 2 heterocycles. The molecule has 3 nitrogen and oxygen atoms in total. The molecule has 0 spiro atoms. The summed E-state index contributed by atoms with van der Waals surface area (Å²) in [6.07, 6.45) is 8.12. The van der Waals surface area contributed by atoms with Crippen molar-refractivity contribution >= 4 is 40.7 Å². The summed E-state index contributed by atoms with van der Waals surface area (Å²) >= 11 is 3.40. The summed E-state index contributed by atoms with van der Waals surface area (Å²) in [4.78, 5) is 20.1. The fourth-order valence-corrected chi connectivity index (χ4v) is 5.96. The van der Waals surface area contributed by atoms with E-state index in [1.54, 1.807) is 23.5 Å². The Bertz CT molecular complexity index is 905. The number of benzene rings is 2. The monoisotopic (exact) mass is 436 g/mol. The van der Waals surface area contributed by atoms with E-state index in [1.807, 2.05) is 12.2 Å². The second kappa shape index (κ2) is 9.80. The Kier molecular flexibility index (Phi) is 6.90. The topological polar surface area (TPSA) is 23.6 Å². The molecule has 2 aromatic carbocycles. The maximum Gasteiger partial charge on any atom is 0.183 e. The Morgan fingerprint density at radius 1 is 0.767 bits per heavy atom. The van der Waals surface area contributed by atoms with Crippen molar-refractivity contribution < 1.29 is 4.79 Å². The number of ketones is 1. The molecule has 0 amide bonds. The molecule has 2 aromatic rings. The molecule has 0 unspecified atom stereocenters. The zero-order valence-electron chi connectivity index (χ0n) is 17.6. The van der Waals surface area contributed by atoms with Crippen LogP contribution in [0, 0.1) is 0 Å². The zero-order valence-corrected chi connectivity index (χ0v) is 19.3. The van der Waals surface area contributed by atoms with Crippen LogP contribution >= 0.6 is 23.5 Å². The van der Waals surface area contributed by atoms with Gasteiger partial charge in [0.05, 0.1) is 21.4 Å². The summed E-state index contributed by atoms with van der Waals surface area (Å²) in [6, 6.07) is 16.8. The Balaban J connectivity index is 1.58. The number of hydrogen-bond acceptors (Lipinski definition) is 5. The van der Waals surface area contributed by atoms with Crippen LogP contribution in [0.5, 0.6) is 0 Å². The first kappa shape index (κ1) is 21.1. The molecule has 2 aliphatic heterocycles. The summed E-state index contributed by atoms with van der Waals surface area (Å²) in [5.41, 5.74) is 2.43. The molecule has 0 saturated heterocycles. The molecule has 0 radical (unpaired) electrons. The molecular formula is C25H28N2OS2. The summed E-state index contributed by atoms with van der Waals surface area (Å²) in [5.74, 6) is 0.0589. The van der Waals surface area contributed by atoms with Crippen molar-refractivity contribution in [1.82, 2.24) is 0 Å². The van der Waals surface area contributed by atoms with E-state index < -0.39 is 0 Å². The summed E-state index contributed by atoms with van der Waals surface area (Å²) < 4.78 is 0. The minimum Gasteiger partial charge on any atom is -0.335 e. The molecule has 4 rings (SSSR count). The van der Waals surface area contributed by atoms with Crippen molar-refractivity contribution in [1.29, 1.82) is 0 Å². The highest BCUT2D eigenvalue weighted by molar-refractivity contribution is 8.04. The second-order valence-electron chi connectivity index (χ2n) is 7.52. The largest absolute Gasteiger partial charge is 0.335 e. The van der Waals surface area contributed by atoms with Crippen LogP contribution in [0.25, 0.3) is 0 Å². The van der Waals surface area contributed by atoms with E-state index in [4.69, 9.17) is 0 Å². The first-order valence-corrected chi connectivity index (χ1v) is 12.4. The number of fused-ring (bicyclic) bond motifs is 2. The summed E-state index contributed by atoms with van der Waals surface area (Å²) in [6.45, 7) is 6.29. The van der Waals surface area contributed by atoms with Gasteiger partial charge in [-0.1, -0.05) is 74.5 Å². The quantitative estimate of drug-likeness (QED) is 0.412. The van der Waals surface area contributed by atoms with E-state index in [1.165, 1.54) is 21.2 Å². The summed E-state index contributed by atoms with van der Waals surface area (Å²) in [5, 5.41) is 2.07. The lowest BCUT2D eigenvalue weighted by atomic mass is 10.2. The van der Waals surface area contributed by atoms with Crippen molar-refractivity contribution in [3.05, 3.63) is 70.7 Å². The van der Waals surface area contributed by atoms with E-state index in [-0.39, 0.29) is 5.78 Å². The fraction of sp³-hybridized carbons (Fsp3) is 0.320. The number of para-hydroxylation sites is 2. The predicted octanol–water partition coefficient (Wildman–Crippen LogP) is 7.06. The number of thioether (sulfide) groups is 2. The number of hydrogen-bond donors (Lipinski definition) is 0. The van der Waals surface area contributed by atoms with Gasteiger partial charge in [0.2, 0.25) is 0 Å². The highest BCUT2D eigenvalue weighted by Crippen LogP contribution is 2.47. The first-order chi connectivity index (χ1) is 14.7. The molecule has 0 bridgehead atoms. The van der Waals surface area contributed by atoms with Gasteiger partial charge >= 0.3 is 0 Å². The number of nitrogens with zero attached hydrogens (tertiary/aromatic N) is 2. The normalized spacial score (nSPS) is 17.7. The number of anilines is 2. The number of carbonyl (C=O) groups is 1. The molecule has 0 N–H and O–H groups in total. The van der Waals surface area contributed by atoms with Gasteiger partial charge in [-0.05, 0) is 37.1 Å². The van der Waals surface area contributed by atoms with Crippen molar-refractivity contribution in [3.8, 4) is 0 Å². The van der Waals surface area contributed by atoms with Crippen LogP contribution in [0.2, 0.25) is 0 Å². The van der Waals surface area contributed by atoms with E-state index >= 15 is 0 Å². The van der Waals surface area contributed by atoms with E-state index in [0.29, 0.717) is 0 Å². The average Bonchev–Trinajstić information content (AvgIpc) is 3.27. The molecule has 0 aromatic heterocycles. The third-order valence-corrected chi connectivity index (χ3v) is 7.50. The maximum atomic E-state index is 13.1. The van der Waals surface area contributed by atoms with Crippen molar-refractivity contribution in [2.75, 3.05) is 22.9 Å². The maximum absolute atomic E-state index is 13.1. The molecule has 0 fully saturated rings. The van der Waals surface area contributed by atoms with Gasteiger partial charge in [-0.15, -0.1) is 0 Å². The molecule has 5 heteroatoms. The van der Waals surface area contributed by atoms with Crippen LogP contribution < -0.4 is 9.80 Å². The number of unbranched alkanes of at least 4 members (excludes halogenated alkanes) is 2. The molecule has 0 aliphatic carbocycles. The van der Waals surface area contributed by atoms with Gasteiger partial charge in [0, 0.05) is 35.0 Å². The Morgan fingerprint density at radius 3 is 1.63 bits per heavy atom. The standard InChI is InChI=1S/C25H28N2OS2/c1-3-5-15-26-20-11-7-9-13-22(20)29-24(26)17-19(28)18-25-27(16-6-4-2)21-12-8-10-14-23(21)30-25/h7-14,17-18H,3-6,15-16H2,1-2H3/b24-17-,25-18-. The molecule has 0 saturated carbocycles. The fourth-order valence-electron chi connectivity index (χ4n) is 3.70. The Labute approximate surface area is 188 Å². The molecule has 30 heavy (non-hydrogen) atoms. The van der Waals surface area contributed by atoms with Crippen LogP contribution in [0.1, 0.15) is 39.5 Å². The van der Waals surface area contributed by atoms with Gasteiger partial charge in [-0.25, -0.2) is 0 Å². The minimum atomic E-state index is 0.0589. The lowest BCUT2D eigenvalue weighted by molar-refractivity contribution is -0.110. The summed E-state index contributed by atoms with van der Waals surface area (Å²) in [7, 11) is 0. The van der Waals surface area contributed by atoms with Gasteiger partial charge < -0.3 is 9.80 Å². The number of rotatable bonds is 8. The third kappa shape index (κ3) is 4.47. The highest BCUT2D eigenvalue weighted by atomic mass is 32.2. The average molecular weight is 437 g/mol. The highest BCUT2D eigenvalue weighted by Gasteiger charge is 2.27. The Morgan fingerprint density at radius 2 is 1.20 bits per heavy atom. The lowest BCUT2D eigenvalue weighted by Gasteiger charge is -2.20. The lowest BCUT2D eigenvalue weighted by Crippen LogP contribution is -2.20. The van der Waals surface area contributed by atoms with Gasteiger partial charge in [-0.3, -0.25) is 4.79 Å². The van der Waals surface area contributed by atoms with Crippen molar-refractivity contribution in [3.63, 3.8) is 0 Å². The molecular weight excluding hydrogens is 408 g/mol. The van der Waals surface area contributed by atoms with Crippen molar-refractivity contribution in [2.24, 2.45) is 0 Å². The Hall–Kier alpha value is -2.11. The predicted molar refractivity (Wildman–Crippen MR) is 130 cm³/mol. The van der Waals surface area contributed by atoms with Crippen LogP contribution in [0.15, 0.2) is 80.5 Å². The molecule has 0 atom stereocenters. The van der Waals surface area contributed by atoms with Gasteiger partial charge in [0.25, 0.3) is 0 Å². The smallest absolute Gasteiger partial charge is 0.183 e. The van der Waals surface area contributed by atoms with E-state index in [2.05, 4.69) is 72.2 Å². The van der Waals surface area contributed by atoms with Gasteiger partial charge in [0.1, 0.15) is 0 Å². The van der Waals surface area contributed by atoms with Crippen molar-refractivity contribution in [2.45, 2.75) is 49.3 Å². The van der Waals surface area contributed by atoms with Gasteiger partial charge in [-0.2, -0.15) is 0 Å². The first-order valence-electron chi connectivity index (χ1n) is 10.8. The van der Waals surface area contributed by atoms with Crippen LogP contribution in [0.4, 0.5) is 11.4 Å².